The van der Waals surface area contributed by atoms with Gasteiger partial charge in [0, 0.05) is 23.9 Å². The third kappa shape index (κ3) is 20.6. The zero-order valence-electron chi connectivity index (χ0n) is 56.0. The van der Waals surface area contributed by atoms with Crippen LogP contribution in [0.15, 0.2) is 19.2 Å². The summed E-state index contributed by atoms with van der Waals surface area (Å²) >= 11 is 4.34. The number of carbonyl (C=O) groups excluding carboxylic acids is 2. The van der Waals surface area contributed by atoms with Crippen LogP contribution in [0.3, 0.4) is 0 Å². The Kier molecular flexibility index (Phi) is 33.9. The number of esters is 2. The van der Waals surface area contributed by atoms with Gasteiger partial charge in [-0.25, -0.2) is 9.59 Å². The van der Waals surface area contributed by atoms with Crippen molar-refractivity contribution < 1.29 is 19.1 Å². The van der Waals surface area contributed by atoms with Crippen LogP contribution in [-0.2, 0) is 32.2 Å². The Morgan fingerprint density at radius 1 is 0.344 bits per heavy atom. The molecular weight excluding hydrogens is 1200 g/mol. The molecule has 0 spiro atoms. The molecule has 0 saturated carbocycles. The van der Waals surface area contributed by atoms with Crippen LogP contribution in [0.5, 0.6) is 0 Å². The lowest BCUT2D eigenvalue weighted by atomic mass is 9.92. The fraction of sp³-hybridized carbons (Fsp3) is 0.703. The summed E-state index contributed by atoms with van der Waals surface area (Å²) in [4.78, 5) is 92.2. The van der Waals surface area contributed by atoms with Gasteiger partial charge >= 0.3 is 11.9 Å². The summed E-state index contributed by atoms with van der Waals surface area (Å²) in [5, 5.41) is 22.7. The lowest BCUT2D eigenvalue weighted by Crippen LogP contribution is -2.38. The van der Waals surface area contributed by atoms with E-state index < -0.39 is 34.2 Å². The minimum atomic E-state index is -0.785. The van der Waals surface area contributed by atoms with Crippen LogP contribution in [0.1, 0.15) is 298 Å². The van der Waals surface area contributed by atoms with Gasteiger partial charge in [0.1, 0.15) is 19.8 Å². The molecule has 0 bridgehead atoms. The van der Waals surface area contributed by atoms with Crippen LogP contribution in [0.4, 0.5) is 0 Å². The number of hydrogen-bond donors (Lipinski definition) is 0. The van der Waals surface area contributed by atoms with Gasteiger partial charge in [-0.3, -0.25) is 28.3 Å². The number of nitrogens with zero attached hydrogens (tertiary/aromatic N) is 4. The second-order valence-electron chi connectivity index (χ2n) is 25.7. The Morgan fingerprint density at radius 2 is 0.567 bits per heavy atom. The lowest BCUT2D eigenvalue weighted by molar-refractivity contribution is -0.137. The smallest absolute Gasteiger partial charge is 0.351 e. The molecule has 0 saturated heterocycles. The van der Waals surface area contributed by atoms with E-state index >= 15 is 19.2 Å². The van der Waals surface area contributed by atoms with E-state index in [9.17, 15) is 20.1 Å². The van der Waals surface area contributed by atoms with Crippen LogP contribution < -0.4 is 29.9 Å². The van der Waals surface area contributed by atoms with Gasteiger partial charge in [0.25, 0.3) is 22.2 Å². The lowest BCUT2D eigenvalue weighted by Gasteiger charge is -2.21. The highest BCUT2D eigenvalue weighted by Crippen LogP contribution is 2.45. The van der Waals surface area contributed by atoms with Gasteiger partial charge in [0.15, 0.2) is 11.1 Å². The molecule has 496 valence electrons. The van der Waals surface area contributed by atoms with Crippen LogP contribution in [0, 0.1) is 34.5 Å². The minimum Gasteiger partial charge on any atom is -0.462 e. The largest absolute Gasteiger partial charge is 0.462 e. The number of ether oxygens (including phenoxy) is 2. The molecule has 0 amide bonds. The number of fused-ring (bicyclic) bond motifs is 6. The molecule has 16 heteroatoms. The van der Waals surface area contributed by atoms with Crippen LogP contribution in [0.25, 0.3) is 62.3 Å². The molecule has 0 aliphatic heterocycles. The molecule has 90 heavy (non-hydrogen) atoms. The number of unbranched alkanes of at least 4 members (excludes halogenated alkanes) is 30. The topological polar surface area (TPSA) is 178 Å². The van der Waals surface area contributed by atoms with Crippen LogP contribution in [-0.4, -0.2) is 34.3 Å². The average Bonchev–Trinajstić information content (AvgIpc) is 1.22. The molecule has 6 aromatic rings. The quantitative estimate of drug-likeness (QED) is 0.0203. The molecule has 2 aromatic carbocycles. The Labute approximate surface area is 552 Å². The monoisotopic (exact) mass is 1310 g/mol. The summed E-state index contributed by atoms with van der Waals surface area (Å²) in [6.45, 7) is 13.7. The van der Waals surface area contributed by atoms with Crippen molar-refractivity contribution in [2.24, 2.45) is 11.8 Å². The molecule has 0 fully saturated rings. The van der Waals surface area contributed by atoms with Crippen molar-refractivity contribution in [1.29, 1.82) is 10.5 Å². The molecule has 6 rings (SSSR count). The molecule has 0 aliphatic carbocycles. The van der Waals surface area contributed by atoms with Gasteiger partial charge in [-0.15, -0.1) is 45.3 Å². The predicted molar refractivity (Wildman–Crippen MR) is 383 cm³/mol. The van der Waals surface area contributed by atoms with Crippen molar-refractivity contribution in [2.45, 2.75) is 311 Å². The molecule has 4 aromatic heterocycles. The first-order valence-electron chi connectivity index (χ1n) is 35.8. The van der Waals surface area contributed by atoms with Crippen molar-refractivity contribution in [3.63, 3.8) is 0 Å². The third-order valence-corrected chi connectivity index (χ3v) is 23.7. The molecule has 12 nitrogen and oxygen atoms in total. The van der Waals surface area contributed by atoms with Crippen molar-refractivity contribution in [3.05, 3.63) is 49.1 Å². The average molecular weight is 1310 g/mol. The first-order chi connectivity index (χ1) is 44.0. The highest BCUT2D eigenvalue weighted by Gasteiger charge is 2.32. The van der Waals surface area contributed by atoms with E-state index in [2.05, 4.69) is 53.7 Å². The van der Waals surface area contributed by atoms with E-state index in [-0.39, 0.29) is 89.3 Å². The highest BCUT2D eigenvalue weighted by atomic mass is 32.2. The summed E-state index contributed by atoms with van der Waals surface area (Å²) < 4.78 is 16.3. The van der Waals surface area contributed by atoms with Gasteiger partial charge in [0.2, 0.25) is 0 Å². The number of nitriles is 2. The van der Waals surface area contributed by atoms with Gasteiger partial charge < -0.3 is 9.47 Å². The Hall–Kier alpha value is -4.74. The van der Waals surface area contributed by atoms with Crippen molar-refractivity contribution in [2.75, 3.05) is 13.2 Å². The fourth-order valence-corrected chi connectivity index (χ4v) is 18.6. The molecule has 2 unspecified atom stereocenters. The van der Waals surface area contributed by atoms with E-state index in [1.54, 1.807) is 0 Å². The zero-order valence-corrected chi connectivity index (χ0v) is 59.2. The number of rotatable bonds is 48. The number of benzene rings is 2. The second-order valence-corrected chi connectivity index (χ2v) is 30.3. The highest BCUT2D eigenvalue weighted by molar-refractivity contribution is 7.38. The SMILES string of the molecule is CCCCCCCCCCC(CCCCCCCC)Cn1c(=O)c2c3sc(=C(C#N)C(=O)OCCCCCC)sc3c3c(=O)n(CC(CCCCCCCC)CCCCCCCCCC)c(=O)c4c5sc(=C(C#N)C(=O)OCCCCCC)sc5c(c1=O)c2c34. The summed E-state index contributed by atoms with van der Waals surface area (Å²) in [5.74, 6) is -1.58. The second kappa shape index (κ2) is 41.1. The molecule has 2 atom stereocenters. The van der Waals surface area contributed by atoms with E-state index in [4.69, 9.17) is 9.47 Å². The van der Waals surface area contributed by atoms with Crippen molar-refractivity contribution >= 4 is 120 Å². The van der Waals surface area contributed by atoms with E-state index in [0.29, 0.717) is 31.6 Å². The first kappa shape index (κ1) is 74.3. The molecular formula is C74H108N4O8S4. The number of carbonyl (C=O) groups is 2. The Bertz CT molecular complexity index is 3290. The third-order valence-electron chi connectivity index (χ3n) is 18.4. The maximum atomic E-state index is 16.0. The number of aromatic nitrogens is 2. The standard InChI is InChI=1S/C74H108N4O8S4/c1-7-13-19-25-29-31-35-39-45-53(43-37-33-27-21-15-9-3)51-77-67(79)59-57-58-61(65-63(59)87-73(89-65)55(49-75)71(83)85-47-41-23-17-11-5)69(81)78(52-54(44-38-34-28-22-16-10-4)46-40-36-32-30-26-20-14-8-2)70(82)62(58)66-64(60(57)68(77)80)88-74(90-66)56(50-76)72(84)86-48-42-24-18-12-6/h53-54H,7-48,51-52H2,1-6H3. The van der Waals surface area contributed by atoms with Crippen molar-refractivity contribution in [1.82, 2.24) is 9.13 Å². The fourth-order valence-electron chi connectivity index (χ4n) is 13.1. The maximum absolute atomic E-state index is 16.0. The van der Waals surface area contributed by atoms with E-state index in [0.717, 1.165) is 212 Å². The normalized spacial score (nSPS) is 12.4. The number of pyridine rings is 2. The van der Waals surface area contributed by atoms with Gasteiger partial charge in [-0.2, -0.15) is 10.5 Å². The maximum Gasteiger partial charge on any atom is 0.351 e. The van der Waals surface area contributed by atoms with Crippen LogP contribution in [0.2, 0.25) is 0 Å². The summed E-state index contributed by atoms with van der Waals surface area (Å²) in [6.07, 6.45) is 42.1. The predicted octanol–water partition coefficient (Wildman–Crippen LogP) is 19.6. The summed E-state index contributed by atoms with van der Waals surface area (Å²) in [6, 6.07) is 4.27. The first-order valence-corrected chi connectivity index (χ1v) is 39.0. The van der Waals surface area contributed by atoms with Crippen molar-refractivity contribution in [3.8, 4) is 12.1 Å². The molecule has 0 aliphatic rings. The van der Waals surface area contributed by atoms with E-state index in [1.807, 2.05) is 0 Å². The van der Waals surface area contributed by atoms with Gasteiger partial charge in [-0.05, 0) is 50.4 Å². The van der Waals surface area contributed by atoms with Crippen LogP contribution >= 0.6 is 45.3 Å². The van der Waals surface area contributed by atoms with E-state index in [1.165, 1.54) is 86.2 Å². The minimum absolute atomic E-state index is 0.00363. The summed E-state index contributed by atoms with van der Waals surface area (Å²) in [7, 11) is 0. The zero-order chi connectivity index (χ0) is 64.6. The van der Waals surface area contributed by atoms with Gasteiger partial charge in [-0.1, -0.05) is 260 Å². The Morgan fingerprint density at radius 3 is 0.800 bits per heavy atom. The Balaban J connectivity index is 1.68. The molecule has 4 heterocycles. The molecule has 0 N–H and O–H groups in total. The van der Waals surface area contributed by atoms with Gasteiger partial charge in [0.05, 0.1) is 53.6 Å². The summed E-state index contributed by atoms with van der Waals surface area (Å²) in [5.41, 5.74) is -2.63. The molecule has 0 radical (unpaired) electrons. The number of hydrogen-bond acceptors (Lipinski definition) is 14.